The third-order valence-corrected chi connectivity index (χ3v) is 5.55. The van der Waals surface area contributed by atoms with E-state index in [4.69, 9.17) is 9.47 Å². The fourth-order valence-electron chi connectivity index (χ4n) is 3.29. The van der Waals surface area contributed by atoms with Gasteiger partial charge >= 0.3 is 5.97 Å². The first-order valence-electron chi connectivity index (χ1n) is 8.48. The number of carbonyl (C=O) groups is 2. The Morgan fingerprint density at radius 3 is 2.96 bits per heavy atom. The number of thiazole rings is 1. The van der Waals surface area contributed by atoms with E-state index < -0.39 is 12.0 Å². The molecule has 2 aromatic rings. The van der Waals surface area contributed by atoms with Crippen LogP contribution in [0.15, 0.2) is 23.6 Å². The molecule has 0 bridgehead atoms. The van der Waals surface area contributed by atoms with Crippen LogP contribution >= 0.6 is 11.3 Å². The molecule has 0 aliphatic carbocycles. The lowest BCUT2D eigenvalue weighted by Gasteiger charge is -2.32. The number of hydrogen-bond donors (Lipinski definition) is 1. The molecule has 0 radical (unpaired) electrons. The van der Waals surface area contributed by atoms with Crippen LogP contribution in [0.3, 0.4) is 0 Å². The second-order valence-corrected chi connectivity index (χ2v) is 7.18. The van der Waals surface area contributed by atoms with E-state index in [-0.39, 0.29) is 19.1 Å². The van der Waals surface area contributed by atoms with Gasteiger partial charge in [-0.25, -0.2) is 9.78 Å². The molecule has 1 fully saturated rings. The van der Waals surface area contributed by atoms with E-state index in [1.807, 2.05) is 23.6 Å². The summed E-state index contributed by atoms with van der Waals surface area (Å²) in [6.45, 7) is 0.714. The molecule has 4 rings (SSSR count). The number of carbonyl (C=O) groups excluding carboxylic acids is 1. The highest BCUT2D eigenvalue weighted by Gasteiger charge is 2.32. The molecule has 7 nitrogen and oxygen atoms in total. The molecule has 1 saturated heterocycles. The lowest BCUT2D eigenvalue weighted by Crippen LogP contribution is -2.48. The number of aliphatic carboxylic acids is 1. The predicted octanol–water partition coefficient (Wildman–Crippen LogP) is 2.55. The van der Waals surface area contributed by atoms with Gasteiger partial charge < -0.3 is 19.5 Å². The fraction of sp³-hybridized carbons (Fsp3) is 0.389. The number of piperidine rings is 1. The fourth-order valence-corrected chi connectivity index (χ4v) is 4.11. The van der Waals surface area contributed by atoms with Gasteiger partial charge in [-0.15, -0.1) is 11.3 Å². The van der Waals surface area contributed by atoms with Crippen LogP contribution in [-0.2, 0) is 16.0 Å². The first-order valence-corrected chi connectivity index (χ1v) is 9.36. The number of carboxylic acid groups (broad SMARTS) is 1. The molecule has 1 aromatic heterocycles. The highest BCUT2D eigenvalue weighted by molar-refractivity contribution is 7.13. The number of rotatable bonds is 4. The maximum Gasteiger partial charge on any atom is 0.326 e. The van der Waals surface area contributed by atoms with E-state index in [9.17, 15) is 14.7 Å². The van der Waals surface area contributed by atoms with Crippen molar-refractivity contribution in [3.05, 3.63) is 29.3 Å². The van der Waals surface area contributed by atoms with Crippen molar-refractivity contribution in [2.24, 2.45) is 0 Å². The van der Waals surface area contributed by atoms with E-state index >= 15 is 0 Å². The third-order valence-electron chi connectivity index (χ3n) is 4.61. The minimum atomic E-state index is -0.933. The summed E-state index contributed by atoms with van der Waals surface area (Å²) in [4.78, 5) is 30.0. The zero-order valence-electron chi connectivity index (χ0n) is 14.0. The first kappa shape index (κ1) is 16.8. The van der Waals surface area contributed by atoms with Crippen LogP contribution < -0.4 is 9.47 Å². The van der Waals surface area contributed by atoms with Crippen LogP contribution in [0.5, 0.6) is 11.5 Å². The lowest BCUT2D eigenvalue weighted by molar-refractivity contribution is -0.151. The van der Waals surface area contributed by atoms with Gasteiger partial charge in [-0.05, 0) is 37.5 Å². The summed E-state index contributed by atoms with van der Waals surface area (Å²) >= 11 is 1.45. The van der Waals surface area contributed by atoms with Crippen molar-refractivity contribution in [3.8, 4) is 22.1 Å². The van der Waals surface area contributed by atoms with Gasteiger partial charge in [0.1, 0.15) is 11.0 Å². The topological polar surface area (TPSA) is 89.0 Å². The number of likely N-dealkylation sites (tertiary alicyclic amines) is 1. The van der Waals surface area contributed by atoms with Crippen LogP contribution in [0, 0.1) is 0 Å². The second kappa shape index (κ2) is 6.95. The van der Waals surface area contributed by atoms with Gasteiger partial charge in [0.05, 0.1) is 12.1 Å². The summed E-state index contributed by atoms with van der Waals surface area (Å²) in [5.74, 6) is 0.287. The molecule has 0 saturated carbocycles. The largest absolute Gasteiger partial charge is 0.480 e. The molecule has 1 aromatic carbocycles. The zero-order valence-corrected chi connectivity index (χ0v) is 14.8. The first-order chi connectivity index (χ1) is 12.6. The number of amides is 1. The Labute approximate surface area is 154 Å². The van der Waals surface area contributed by atoms with Gasteiger partial charge in [0, 0.05) is 17.5 Å². The average Bonchev–Trinajstić information content (AvgIpc) is 3.30. The Hall–Kier alpha value is -2.61. The summed E-state index contributed by atoms with van der Waals surface area (Å²) < 4.78 is 10.7. The maximum absolute atomic E-state index is 12.6. The minimum Gasteiger partial charge on any atom is -0.480 e. The quantitative estimate of drug-likeness (QED) is 0.885. The molecule has 136 valence electrons. The van der Waals surface area contributed by atoms with Crippen molar-refractivity contribution in [1.82, 2.24) is 9.88 Å². The van der Waals surface area contributed by atoms with Crippen LogP contribution in [0.1, 0.15) is 25.0 Å². The number of nitrogens with zero attached hydrogens (tertiary/aromatic N) is 2. The molecule has 2 aliphatic heterocycles. The van der Waals surface area contributed by atoms with Crippen molar-refractivity contribution in [1.29, 1.82) is 0 Å². The summed E-state index contributed by atoms with van der Waals surface area (Å²) in [7, 11) is 0. The molecule has 1 unspecified atom stereocenters. The van der Waals surface area contributed by atoms with Crippen LogP contribution in [-0.4, -0.2) is 46.2 Å². The maximum atomic E-state index is 12.6. The number of fused-ring (bicyclic) bond motifs is 1. The average molecular weight is 374 g/mol. The number of ether oxygens (including phenoxy) is 2. The third kappa shape index (κ3) is 3.24. The zero-order chi connectivity index (χ0) is 18.1. The van der Waals surface area contributed by atoms with E-state index in [0.717, 1.165) is 23.4 Å². The Morgan fingerprint density at radius 1 is 1.27 bits per heavy atom. The van der Waals surface area contributed by atoms with Crippen LogP contribution in [0.4, 0.5) is 0 Å². The van der Waals surface area contributed by atoms with E-state index in [0.29, 0.717) is 30.2 Å². The van der Waals surface area contributed by atoms with Gasteiger partial charge in [-0.3, -0.25) is 4.79 Å². The number of carboxylic acids is 1. The summed E-state index contributed by atoms with van der Waals surface area (Å²) in [5, 5.41) is 12.0. The van der Waals surface area contributed by atoms with Gasteiger partial charge in [-0.1, -0.05) is 0 Å². The minimum absolute atomic E-state index is 0.116. The predicted molar refractivity (Wildman–Crippen MR) is 94.4 cm³/mol. The molecule has 8 heteroatoms. The Morgan fingerprint density at radius 2 is 2.12 bits per heavy atom. The molecule has 1 atom stereocenters. The molecule has 3 heterocycles. The van der Waals surface area contributed by atoms with Gasteiger partial charge in [0.25, 0.3) is 0 Å². The van der Waals surface area contributed by atoms with Crippen LogP contribution in [0.25, 0.3) is 10.6 Å². The van der Waals surface area contributed by atoms with Crippen molar-refractivity contribution in [3.63, 3.8) is 0 Å². The van der Waals surface area contributed by atoms with E-state index in [1.165, 1.54) is 16.2 Å². The Balaban J connectivity index is 1.48. The summed E-state index contributed by atoms with van der Waals surface area (Å²) in [6, 6.07) is 4.90. The molecule has 2 aliphatic rings. The van der Waals surface area contributed by atoms with Crippen LogP contribution in [0.2, 0.25) is 0 Å². The van der Waals surface area contributed by atoms with Crippen molar-refractivity contribution in [2.75, 3.05) is 13.3 Å². The van der Waals surface area contributed by atoms with Gasteiger partial charge in [-0.2, -0.15) is 0 Å². The van der Waals surface area contributed by atoms with Gasteiger partial charge in [0.2, 0.25) is 12.7 Å². The SMILES string of the molecule is O=C(O)C1CCCCN1C(=O)Cc1csc(-c2ccc3c(c2)OCO3)n1. The molecule has 26 heavy (non-hydrogen) atoms. The van der Waals surface area contributed by atoms with E-state index in [1.54, 1.807) is 0 Å². The number of aromatic nitrogens is 1. The number of benzene rings is 1. The molecule has 1 amide bonds. The standard InChI is InChI=1S/C18H18N2O5S/c21-16(20-6-2-1-3-13(20)18(22)23)8-12-9-26-17(19-12)11-4-5-14-15(7-11)25-10-24-14/h4-5,7,9,13H,1-3,6,8,10H2,(H,22,23). The highest BCUT2D eigenvalue weighted by atomic mass is 32.1. The summed E-state index contributed by atoms with van der Waals surface area (Å²) in [6.07, 6.45) is 2.31. The molecular weight excluding hydrogens is 356 g/mol. The molecule has 0 spiro atoms. The van der Waals surface area contributed by atoms with Gasteiger partial charge in [0.15, 0.2) is 11.5 Å². The molecule has 1 N–H and O–H groups in total. The number of hydrogen-bond acceptors (Lipinski definition) is 6. The second-order valence-electron chi connectivity index (χ2n) is 6.33. The lowest BCUT2D eigenvalue weighted by atomic mass is 10.0. The van der Waals surface area contributed by atoms with E-state index in [2.05, 4.69) is 4.98 Å². The highest BCUT2D eigenvalue weighted by Crippen LogP contribution is 2.36. The van der Waals surface area contributed by atoms with Crippen molar-refractivity contribution in [2.45, 2.75) is 31.7 Å². The Bertz CT molecular complexity index is 850. The molecular formula is C18H18N2O5S. The normalized spacial score (nSPS) is 18.8. The monoisotopic (exact) mass is 374 g/mol. The summed E-state index contributed by atoms with van der Waals surface area (Å²) in [5.41, 5.74) is 1.56. The van der Waals surface area contributed by atoms with Crippen molar-refractivity contribution >= 4 is 23.2 Å². The van der Waals surface area contributed by atoms with Crippen molar-refractivity contribution < 1.29 is 24.2 Å². The smallest absolute Gasteiger partial charge is 0.326 e. The Kier molecular flexibility index (Phi) is 4.50.